The Hall–Kier alpha value is -2.01. The molecule has 1 aliphatic heterocycles. The third-order valence-corrected chi connectivity index (χ3v) is 7.98. The molecule has 0 spiro atoms. The number of anilines is 1. The lowest BCUT2D eigenvalue weighted by molar-refractivity contribution is 0.0973. The van der Waals surface area contributed by atoms with Crippen molar-refractivity contribution in [1.29, 1.82) is 0 Å². The summed E-state index contributed by atoms with van der Waals surface area (Å²) in [4.78, 5) is 13.0. The number of amides is 1. The number of piperidine rings is 1. The van der Waals surface area contributed by atoms with Gasteiger partial charge in [-0.3, -0.25) is 10.1 Å². The van der Waals surface area contributed by atoms with Crippen molar-refractivity contribution in [3.8, 4) is 5.75 Å². The first kappa shape index (κ1) is 25.6. The van der Waals surface area contributed by atoms with E-state index in [0.717, 1.165) is 23.7 Å². The third-order valence-electron chi connectivity index (χ3n) is 5.37. The van der Waals surface area contributed by atoms with Gasteiger partial charge < -0.3 is 10.1 Å². The molecule has 2 aromatic carbocycles. The van der Waals surface area contributed by atoms with Crippen LogP contribution in [0.2, 0.25) is 0 Å². The molecule has 2 aromatic rings. The number of carbonyl (C=O) groups excluding carboxylic acids is 1. The monoisotopic (exact) mass is 553 g/mol. The molecule has 0 saturated carbocycles. The van der Waals surface area contributed by atoms with Crippen LogP contribution < -0.4 is 15.4 Å². The minimum absolute atomic E-state index is 0.0991. The summed E-state index contributed by atoms with van der Waals surface area (Å²) in [7, 11) is -3.52. The summed E-state index contributed by atoms with van der Waals surface area (Å²) in [6, 6.07) is 11.6. The first-order valence-electron chi connectivity index (χ1n) is 10.9. The van der Waals surface area contributed by atoms with Crippen molar-refractivity contribution in [3.63, 3.8) is 0 Å². The second-order valence-electron chi connectivity index (χ2n) is 8.01. The van der Waals surface area contributed by atoms with Gasteiger partial charge in [-0.15, -0.1) is 0 Å². The third kappa shape index (κ3) is 6.75. The van der Waals surface area contributed by atoms with Gasteiger partial charge >= 0.3 is 0 Å². The van der Waals surface area contributed by atoms with Gasteiger partial charge in [0.1, 0.15) is 5.75 Å². The summed E-state index contributed by atoms with van der Waals surface area (Å²) in [5.41, 5.74) is 0.933. The number of thiocarbonyl (C=S) groups is 1. The largest absolute Gasteiger partial charge is 0.493 e. The SMILES string of the molecule is CCCOc1ccc(Br)cc1C(=O)NC(=S)Nc1ccc(S(=O)(=O)N2CCC(C)CC2)cc1. The van der Waals surface area contributed by atoms with Crippen molar-refractivity contribution in [2.75, 3.05) is 25.0 Å². The Labute approximate surface area is 209 Å². The highest BCUT2D eigenvalue weighted by molar-refractivity contribution is 9.10. The lowest BCUT2D eigenvalue weighted by atomic mass is 10.0. The number of benzene rings is 2. The van der Waals surface area contributed by atoms with Crippen LogP contribution in [0.15, 0.2) is 51.8 Å². The molecule has 0 atom stereocenters. The van der Waals surface area contributed by atoms with Crippen LogP contribution in [-0.2, 0) is 10.0 Å². The predicted molar refractivity (Wildman–Crippen MR) is 137 cm³/mol. The predicted octanol–water partition coefficient (Wildman–Crippen LogP) is 4.79. The Morgan fingerprint density at radius 1 is 1.18 bits per heavy atom. The van der Waals surface area contributed by atoms with Crippen molar-refractivity contribution in [3.05, 3.63) is 52.5 Å². The first-order valence-corrected chi connectivity index (χ1v) is 13.5. The minimum atomic E-state index is -3.52. The van der Waals surface area contributed by atoms with E-state index >= 15 is 0 Å². The molecule has 2 N–H and O–H groups in total. The van der Waals surface area contributed by atoms with E-state index in [4.69, 9.17) is 17.0 Å². The van der Waals surface area contributed by atoms with Gasteiger partial charge in [0.25, 0.3) is 5.91 Å². The summed E-state index contributed by atoms with van der Waals surface area (Å²) < 4.78 is 33.7. The van der Waals surface area contributed by atoms with Crippen LogP contribution in [0.4, 0.5) is 5.69 Å². The summed E-state index contributed by atoms with van der Waals surface area (Å²) >= 11 is 8.64. The maximum Gasteiger partial charge on any atom is 0.261 e. The van der Waals surface area contributed by atoms with E-state index in [0.29, 0.717) is 42.6 Å². The number of sulfonamides is 1. The summed E-state index contributed by atoms with van der Waals surface area (Å²) in [5.74, 6) is 0.617. The van der Waals surface area contributed by atoms with Gasteiger partial charge in [-0.05, 0) is 79.9 Å². The molecule has 10 heteroatoms. The molecule has 0 bridgehead atoms. The van der Waals surface area contributed by atoms with Crippen LogP contribution >= 0.6 is 28.1 Å². The standard InChI is InChI=1S/C23H28BrN3O4S2/c1-3-14-31-21-9-4-17(24)15-20(21)22(28)26-23(32)25-18-5-7-19(8-6-18)33(29,30)27-12-10-16(2)11-13-27/h4-9,15-16H,3,10-14H2,1-2H3,(H2,25,26,28,32). The van der Waals surface area contributed by atoms with Crippen LogP contribution in [0, 0.1) is 5.92 Å². The zero-order valence-corrected chi connectivity index (χ0v) is 21.9. The number of hydrogen-bond donors (Lipinski definition) is 2. The zero-order valence-electron chi connectivity index (χ0n) is 18.6. The molecule has 1 fully saturated rings. The normalized spacial score (nSPS) is 15.1. The van der Waals surface area contributed by atoms with Crippen LogP contribution in [0.5, 0.6) is 5.75 Å². The Balaban J connectivity index is 1.63. The second kappa shape index (κ2) is 11.4. The molecule has 1 heterocycles. The molecular formula is C23H28BrN3O4S2. The fraction of sp³-hybridized carbons (Fsp3) is 0.391. The summed E-state index contributed by atoms with van der Waals surface area (Å²) in [5, 5.41) is 5.66. The van der Waals surface area contributed by atoms with Crippen LogP contribution in [0.3, 0.4) is 0 Å². The van der Waals surface area contributed by atoms with E-state index in [1.807, 2.05) is 6.92 Å². The Morgan fingerprint density at radius 3 is 2.48 bits per heavy atom. The minimum Gasteiger partial charge on any atom is -0.493 e. The van der Waals surface area contributed by atoms with Crippen molar-refractivity contribution >= 4 is 54.9 Å². The Morgan fingerprint density at radius 2 is 1.85 bits per heavy atom. The number of halogens is 1. The Bertz CT molecular complexity index is 1100. The second-order valence-corrected chi connectivity index (χ2v) is 11.3. The highest BCUT2D eigenvalue weighted by Gasteiger charge is 2.28. The number of hydrogen-bond acceptors (Lipinski definition) is 5. The molecule has 0 radical (unpaired) electrons. The van der Waals surface area contributed by atoms with Gasteiger partial charge in [0, 0.05) is 23.2 Å². The van der Waals surface area contributed by atoms with E-state index in [1.165, 1.54) is 4.31 Å². The fourth-order valence-electron chi connectivity index (χ4n) is 3.43. The molecule has 178 valence electrons. The number of nitrogens with zero attached hydrogens (tertiary/aromatic N) is 1. The van der Waals surface area contributed by atoms with Crippen LogP contribution in [0.1, 0.15) is 43.5 Å². The van der Waals surface area contributed by atoms with E-state index in [-0.39, 0.29) is 10.0 Å². The molecule has 7 nitrogen and oxygen atoms in total. The molecule has 0 aliphatic carbocycles. The fourth-order valence-corrected chi connectivity index (χ4v) is 5.48. The molecule has 1 aliphatic rings. The van der Waals surface area contributed by atoms with E-state index in [2.05, 4.69) is 33.5 Å². The van der Waals surface area contributed by atoms with E-state index in [9.17, 15) is 13.2 Å². The maximum absolute atomic E-state index is 12.9. The topological polar surface area (TPSA) is 87.7 Å². The quantitative estimate of drug-likeness (QED) is 0.479. The van der Waals surface area contributed by atoms with Crippen molar-refractivity contribution < 1.29 is 17.9 Å². The maximum atomic E-state index is 12.9. The molecular weight excluding hydrogens is 526 g/mol. The van der Waals surface area contributed by atoms with Gasteiger partial charge in [0.2, 0.25) is 10.0 Å². The summed E-state index contributed by atoms with van der Waals surface area (Å²) in [6.07, 6.45) is 2.56. The molecule has 1 saturated heterocycles. The lowest BCUT2D eigenvalue weighted by Crippen LogP contribution is -2.37. The average Bonchev–Trinajstić information content (AvgIpc) is 2.78. The number of rotatable bonds is 7. The average molecular weight is 555 g/mol. The van der Waals surface area contributed by atoms with Gasteiger partial charge in [-0.1, -0.05) is 29.8 Å². The molecule has 3 rings (SSSR count). The van der Waals surface area contributed by atoms with Gasteiger partial charge in [-0.2, -0.15) is 4.31 Å². The van der Waals surface area contributed by atoms with Gasteiger partial charge in [-0.25, -0.2) is 8.42 Å². The van der Waals surface area contributed by atoms with Crippen molar-refractivity contribution in [2.45, 2.75) is 38.0 Å². The molecule has 33 heavy (non-hydrogen) atoms. The molecule has 1 amide bonds. The van der Waals surface area contributed by atoms with Crippen LogP contribution in [-0.4, -0.2) is 43.4 Å². The van der Waals surface area contributed by atoms with Gasteiger partial charge in [0.15, 0.2) is 5.11 Å². The van der Waals surface area contributed by atoms with E-state index < -0.39 is 15.9 Å². The van der Waals surface area contributed by atoms with Gasteiger partial charge in [0.05, 0.1) is 17.1 Å². The van der Waals surface area contributed by atoms with Crippen LogP contribution in [0.25, 0.3) is 0 Å². The van der Waals surface area contributed by atoms with E-state index in [1.54, 1.807) is 42.5 Å². The number of carbonyl (C=O) groups is 1. The molecule has 0 aromatic heterocycles. The highest BCUT2D eigenvalue weighted by Crippen LogP contribution is 2.25. The lowest BCUT2D eigenvalue weighted by Gasteiger charge is -2.29. The van der Waals surface area contributed by atoms with Crippen molar-refractivity contribution in [2.24, 2.45) is 5.92 Å². The zero-order chi connectivity index (χ0) is 24.0. The highest BCUT2D eigenvalue weighted by atomic mass is 79.9. The first-order chi connectivity index (χ1) is 15.7. The van der Waals surface area contributed by atoms with Crippen molar-refractivity contribution in [1.82, 2.24) is 9.62 Å². The Kier molecular flexibility index (Phi) is 8.86. The number of ether oxygens (including phenoxy) is 1. The number of nitrogens with one attached hydrogen (secondary N) is 2. The molecule has 0 unspecified atom stereocenters. The summed E-state index contributed by atoms with van der Waals surface area (Å²) in [6.45, 7) is 5.71. The smallest absolute Gasteiger partial charge is 0.261 e.